The maximum absolute atomic E-state index is 10.4. The van der Waals surface area contributed by atoms with Gasteiger partial charge in [0.05, 0.1) is 6.34 Å². The van der Waals surface area contributed by atoms with Crippen LogP contribution in [0.2, 0.25) is 0 Å². The van der Waals surface area contributed by atoms with Crippen molar-refractivity contribution in [1.82, 2.24) is 5.43 Å². The van der Waals surface area contributed by atoms with Crippen LogP contribution in [-0.4, -0.2) is 34.5 Å². The molecule has 1 unspecified atom stereocenters. The fraction of sp³-hybridized carbons (Fsp3) is 0.500. The number of aliphatic imine (C=N–C) groups is 1. The average Bonchev–Trinajstić information content (AvgIpc) is 2.03. The summed E-state index contributed by atoms with van der Waals surface area (Å²) in [5.41, 5.74) is 2.04. The summed E-state index contributed by atoms with van der Waals surface area (Å²) < 4.78 is 0. The molecule has 0 aromatic heterocycles. The van der Waals surface area contributed by atoms with E-state index < -0.39 is 18.0 Å². The van der Waals surface area contributed by atoms with Crippen molar-refractivity contribution < 1.29 is 19.8 Å². The van der Waals surface area contributed by atoms with Gasteiger partial charge in [-0.2, -0.15) is 0 Å². The summed E-state index contributed by atoms with van der Waals surface area (Å²) in [5.74, 6) is 2.60. The lowest BCUT2D eigenvalue weighted by molar-refractivity contribution is -0.139. The molecule has 0 spiro atoms. The Morgan fingerprint density at radius 3 is 2.54 bits per heavy atom. The molecule has 0 aliphatic heterocycles. The van der Waals surface area contributed by atoms with E-state index in [-0.39, 0.29) is 12.8 Å². The highest BCUT2D eigenvalue weighted by molar-refractivity contribution is 5.76. The van der Waals surface area contributed by atoms with Crippen LogP contribution in [0.5, 0.6) is 0 Å². The number of hydrazine groups is 1. The number of carbonyl (C=O) groups is 2. The lowest BCUT2D eigenvalue weighted by Crippen LogP contribution is -2.24. The summed E-state index contributed by atoms with van der Waals surface area (Å²) >= 11 is 0. The molecule has 0 aromatic rings. The normalized spacial score (nSPS) is 12.7. The first-order chi connectivity index (χ1) is 6.07. The van der Waals surface area contributed by atoms with Crippen LogP contribution in [0.25, 0.3) is 0 Å². The molecule has 0 heterocycles. The fourth-order valence-corrected chi connectivity index (χ4v) is 0.655. The van der Waals surface area contributed by atoms with E-state index in [1.807, 2.05) is 5.43 Å². The molecule has 0 amide bonds. The van der Waals surface area contributed by atoms with Crippen molar-refractivity contribution in [2.75, 3.05) is 0 Å². The standard InChI is InChI=1S/C6H11N3O4/c7-9-3-8-4(6(12)13)1-2-5(10)11/h3-4H,1-2,7H2,(H,8,9)(H,10,11)(H,12,13). The summed E-state index contributed by atoms with van der Waals surface area (Å²) in [5, 5.41) is 16.8. The van der Waals surface area contributed by atoms with Crippen molar-refractivity contribution in [1.29, 1.82) is 0 Å². The molecule has 0 aliphatic carbocycles. The number of carboxylic acids is 2. The quantitative estimate of drug-likeness (QED) is 0.180. The van der Waals surface area contributed by atoms with Gasteiger partial charge in [-0.3, -0.25) is 9.79 Å². The second kappa shape index (κ2) is 5.95. The molecule has 7 heteroatoms. The minimum atomic E-state index is -1.17. The smallest absolute Gasteiger partial charge is 0.328 e. The maximum atomic E-state index is 10.4. The zero-order chi connectivity index (χ0) is 10.3. The zero-order valence-electron chi connectivity index (χ0n) is 6.80. The van der Waals surface area contributed by atoms with Crippen LogP contribution >= 0.6 is 0 Å². The second-order valence-electron chi connectivity index (χ2n) is 2.23. The van der Waals surface area contributed by atoms with Gasteiger partial charge in [0.1, 0.15) is 6.04 Å². The Morgan fingerprint density at radius 2 is 2.15 bits per heavy atom. The van der Waals surface area contributed by atoms with Gasteiger partial charge in [-0.25, -0.2) is 10.6 Å². The van der Waals surface area contributed by atoms with Crippen molar-refractivity contribution in [3.63, 3.8) is 0 Å². The number of nitrogens with two attached hydrogens (primary N) is 1. The molecule has 5 N–H and O–H groups in total. The minimum Gasteiger partial charge on any atom is -0.481 e. The number of hydrogen-bond acceptors (Lipinski definition) is 4. The highest BCUT2D eigenvalue weighted by atomic mass is 16.4. The van der Waals surface area contributed by atoms with Gasteiger partial charge in [0, 0.05) is 6.42 Å². The van der Waals surface area contributed by atoms with Gasteiger partial charge in [0.25, 0.3) is 0 Å². The van der Waals surface area contributed by atoms with Crippen LogP contribution in [0, 0.1) is 0 Å². The maximum Gasteiger partial charge on any atom is 0.328 e. The largest absolute Gasteiger partial charge is 0.481 e. The number of carboxylic acid groups (broad SMARTS) is 2. The first-order valence-electron chi connectivity index (χ1n) is 3.50. The molecule has 0 fully saturated rings. The van der Waals surface area contributed by atoms with E-state index in [2.05, 4.69) is 4.99 Å². The Balaban J connectivity index is 4.02. The monoisotopic (exact) mass is 189 g/mol. The molecule has 0 rings (SSSR count). The molecule has 13 heavy (non-hydrogen) atoms. The number of aliphatic carboxylic acids is 2. The highest BCUT2D eigenvalue weighted by Crippen LogP contribution is 2.01. The molecule has 0 saturated carbocycles. The fourth-order valence-electron chi connectivity index (χ4n) is 0.655. The Labute approximate surface area is 74.2 Å². The molecule has 0 aliphatic rings. The lowest BCUT2D eigenvalue weighted by atomic mass is 10.2. The summed E-state index contributed by atoms with van der Waals surface area (Å²) in [6.07, 6.45) is 0.725. The minimum absolute atomic E-state index is 0.0527. The highest BCUT2D eigenvalue weighted by Gasteiger charge is 2.16. The number of rotatable bonds is 6. The van der Waals surface area contributed by atoms with Gasteiger partial charge >= 0.3 is 11.9 Å². The number of nitrogens with zero attached hydrogens (tertiary/aromatic N) is 1. The van der Waals surface area contributed by atoms with Crippen LogP contribution in [0.15, 0.2) is 4.99 Å². The van der Waals surface area contributed by atoms with E-state index in [0.717, 1.165) is 6.34 Å². The van der Waals surface area contributed by atoms with Gasteiger partial charge in [0.2, 0.25) is 0 Å². The molecule has 74 valence electrons. The SMILES string of the molecule is NNC=NC(CCC(=O)O)C(=O)O. The molecular weight excluding hydrogens is 178 g/mol. The van der Waals surface area contributed by atoms with Gasteiger partial charge in [-0.1, -0.05) is 0 Å². The topological polar surface area (TPSA) is 125 Å². The second-order valence-corrected chi connectivity index (χ2v) is 2.23. The van der Waals surface area contributed by atoms with Crippen LogP contribution in [0.1, 0.15) is 12.8 Å². The van der Waals surface area contributed by atoms with E-state index in [1.165, 1.54) is 0 Å². The average molecular weight is 189 g/mol. The third kappa shape index (κ3) is 5.62. The lowest BCUT2D eigenvalue weighted by Gasteiger charge is -2.03. The van der Waals surface area contributed by atoms with E-state index in [1.54, 1.807) is 0 Å². The Bertz CT molecular complexity index is 216. The van der Waals surface area contributed by atoms with Crippen LogP contribution in [0.4, 0.5) is 0 Å². The summed E-state index contributed by atoms with van der Waals surface area (Å²) in [6.45, 7) is 0. The first kappa shape index (κ1) is 11.4. The Hall–Kier alpha value is -1.63. The van der Waals surface area contributed by atoms with E-state index >= 15 is 0 Å². The van der Waals surface area contributed by atoms with Crippen LogP contribution in [0.3, 0.4) is 0 Å². The van der Waals surface area contributed by atoms with Crippen molar-refractivity contribution in [2.45, 2.75) is 18.9 Å². The van der Waals surface area contributed by atoms with Crippen molar-refractivity contribution >= 4 is 18.3 Å². The van der Waals surface area contributed by atoms with Gasteiger partial charge in [-0.05, 0) is 6.42 Å². The van der Waals surface area contributed by atoms with Crippen molar-refractivity contribution in [2.24, 2.45) is 10.8 Å². The summed E-state index contributed by atoms with van der Waals surface area (Å²) in [6, 6.07) is -1.06. The van der Waals surface area contributed by atoms with Gasteiger partial charge in [0.15, 0.2) is 0 Å². The molecule has 0 radical (unpaired) electrons. The molecule has 0 saturated heterocycles. The third-order valence-corrected chi connectivity index (χ3v) is 1.25. The predicted molar refractivity (Wildman–Crippen MR) is 44.1 cm³/mol. The van der Waals surface area contributed by atoms with Crippen LogP contribution < -0.4 is 11.3 Å². The molecule has 1 atom stereocenters. The molecular formula is C6H11N3O4. The van der Waals surface area contributed by atoms with Crippen molar-refractivity contribution in [3.8, 4) is 0 Å². The van der Waals surface area contributed by atoms with E-state index in [0.29, 0.717) is 0 Å². The molecule has 0 bridgehead atoms. The zero-order valence-corrected chi connectivity index (χ0v) is 6.80. The van der Waals surface area contributed by atoms with Crippen LogP contribution in [-0.2, 0) is 9.59 Å². The van der Waals surface area contributed by atoms with Gasteiger partial charge in [-0.15, -0.1) is 0 Å². The summed E-state index contributed by atoms with van der Waals surface area (Å²) in [7, 11) is 0. The van der Waals surface area contributed by atoms with E-state index in [4.69, 9.17) is 16.1 Å². The number of hydrogen-bond donors (Lipinski definition) is 4. The van der Waals surface area contributed by atoms with Crippen molar-refractivity contribution in [3.05, 3.63) is 0 Å². The number of nitrogens with one attached hydrogen (secondary N) is 1. The summed E-state index contributed by atoms with van der Waals surface area (Å²) in [4.78, 5) is 24.0. The van der Waals surface area contributed by atoms with E-state index in [9.17, 15) is 9.59 Å². The Kier molecular flexibility index (Phi) is 5.20. The Morgan fingerprint density at radius 1 is 1.54 bits per heavy atom. The molecule has 7 nitrogen and oxygen atoms in total. The predicted octanol–water partition coefficient (Wildman–Crippen LogP) is -1.20. The molecule has 0 aromatic carbocycles. The first-order valence-corrected chi connectivity index (χ1v) is 3.50. The third-order valence-electron chi connectivity index (χ3n) is 1.25. The van der Waals surface area contributed by atoms with Gasteiger partial charge < -0.3 is 15.6 Å².